The zero-order valence-electron chi connectivity index (χ0n) is 13.4. The topological polar surface area (TPSA) is 72.3 Å². The summed E-state index contributed by atoms with van der Waals surface area (Å²) in [6, 6.07) is 11.5. The number of rotatable bonds is 2. The van der Waals surface area contributed by atoms with Crippen LogP contribution in [0.5, 0.6) is 11.5 Å². The number of carbonyl (C=O) groups is 1. The number of nitrogens with one attached hydrogen (secondary N) is 1. The van der Waals surface area contributed by atoms with E-state index in [1.165, 1.54) is 6.92 Å². The third-order valence-electron chi connectivity index (χ3n) is 4.23. The molecular formula is C18H17N3O3. The van der Waals surface area contributed by atoms with Crippen molar-refractivity contribution in [1.29, 1.82) is 0 Å². The molecule has 1 N–H and O–H groups in total. The third-order valence-corrected chi connectivity index (χ3v) is 4.23. The minimum Gasteiger partial charge on any atom is -0.454 e. The highest BCUT2D eigenvalue weighted by Gasteiger charge is 2.28. The van der Waals surface area contributed by atoms with Crippen molar-refractivity contribution in [3.63, 3.8) is 0 Å². The van der Waals surface area contributed by atoms with Crippen LogP contribution >= 0.6 is 0 Å². The largest absolute Gasteiger partial charge is 0.454 e. The lowest BCUT2D eigenvalue weighted by Crippen LogP contribution is -2.09. The second-order valence-corrected chi connectivity index (χ2v) is 5.95. The Kier molecular flexibility index (Phi) is 3.45. The van der Waals surface area contributed by atoms with Crippen LogP contribution in [0.4, 0.5) is 5.69 Å². The van der Waals surface area contributed by atoms with Crippen LogP contribution < -0.4 is 14.8 Å². The zero-order chi connectivity index (χ0) is 16.7. The first-order chi connectivity index (χ1) is 11.6. The number of nitrogens with zero attached hydrogens (tertiary/aromatic N) is 2. The maximum atomic E-state index is 11.1. The summed E-state index contributed by atoms with van der Waals surface area (Å²) in [7, 11) is 0. The SMILES string of the molecule is CC(=O)Nc1ccc(C2N=NC(C)c3cc4c(cc32)OCO4)cc1. The number of carbonyl (C=O) groups excluding carboxylic acids is 1. The Morgan fingerprint density at radius 1 is 1.08 bits per heavy atom. The normalized spacial score (nSPS) is 20.6. The van der Waals surface area contributed by atoms with E-state index in [9.17, 15) is 4.79 Å². The van der Waals surface area contributed by atoms with Gasteiger partial charge in [-0.15, -0.1) is 0 Å². The van der Waals surface area contributed by atoms with Gasteiger partial charge >= 0.3 is 0 Å². The zero-order valence-corrected chi connectivity index (χ0v) is 13.4. The first kappa shape index (κ1) is 14.7. The molecule has 2 aliphatic heterocycles. The van der Waals surface area contributed by atoms with E-state index in [0.29, 0.717) is 0 Å². The molecule has 0 saturated heterocycles. The first-order valence-electron chi connectivity index (χ1n) is 7.83. The molecule has 0 aromatic heterocycles. The van der Waals surface area contributed by atoms with Gasteiger partial charge in [0.2, 0.25) is 12.7 Å². The highest BCUT2D eigenvalue weighted by Crippen LogP contribution is 2.44. The molecule has 2 aromatic rings. The van der Waals surface area contributed by atoms with Crippen molar-refractivity contribution >= 4 is 11.6 Å². The maximum Gasteiger partial charge on any atom is 0.231 e. The van der Waals surface area contributed by atoms with E-state index < -0.39 is 0 Å². The molecule has 2 unspecified atom stereocenters. The van der Waals surface area contributed by atoms with Crippen LogP contribution in [-0.4, -0.2) is 12.7 Å². The minimum atomic E-state index is -0.183. The molecule has 1 amide bonds. The monoisotopic (exact) mass is 323 g/mol. The fraction of sp³-hybridized carbons (Fsp3) is 0.278. The molecule has 2 atom stereocenters. The lowest BCUT2D eigenvalue weighted by molar-refractivity contribution is -0.114. The Balaban J connectivity index is 1.72. The van der Waals surface area contributed by atoms with Gasteiger partial charge in [0.15, 0.2) is 11.5 Å². The molecular weight excluding hydrogens is 306 g/mol. The predicted molar refractivity (Wildman–Crippen MR) is 88.4 cm³/mol. The molecule has 2 aliphatic rings. The molecule has 0 radical (unpaired) electrons. The quantitative estimate of drug-likeness (QED) is 0.908. The molecule has 6 nitrogen and oxygen atoms in total. The van der Waals surface area contributed by atoms with Crippen molar-refractivity contribution in [2.45, 2.75) is 25.9 Å². The van der Waals surface area contributed by atoms with Crippen LogP contribution in [0.3, 0.4) is 0 Å². The Labute approximate surface area is 139 Å². The van der Waals surface area contributed by atoms with Gasteiger partial charge < -0.3 is 14.8 Å². The van der Waals surface area contributed by atoms with E-state index in [0.717, 1.165) is 33.9 Å². The van der Waals surface area contributed by atoms with Gasteiger partial charge in [-0.3, -0.25) is 4.79 Å². The average molecular weight is 323 g/mol. The summed E-state index contributed by atoms with van der Waals surface area (Å²) < 4.78 is 11.0. The summed E-state index contributed by atoms with van der Waals surface area (Å²) in [5.41, 5.74) is 3.96. The van der Waals surface area contributed by atoms with Crippen molar-refractivity contribution in [3.05, 3.63) is 53.1 Å². The molecule has 0 saturated carbocycles. The van der Waals surface area contributed by atoms with Crippen LogP contribution in [0.25, 0.3) is 0 Å². The second-order valence-electron chi connectivity index (χ2n) is 5.95. The van der Waals surface area contributed by atoms with Crippen LogP contribution in [0.1, 0.15) is 42.6 Å². The van der Waals surface area contributed by atoms with Crippen LogP contribution in [0, 0.1) is 0 Å². The van der Waals surface area contributed by atoms with Gasteiger partial charge in [0.1, 0.15) is 6.04 Å². The Morgan fingerprint density at radius 3 is 2.42 bits per heavy atom. The van der Waals surface area contributed by atoms with Crippen LogP contribution in [0.2, 0.25) is 0 Å². The van der Waals surface area contributed by atoms with E-state index in [2.05, 4.69) is 15.5 Å². The standard InChI is InChI=1S/C18H17N3O3/c1-10-14-7-16-17(24-9-23-16)8-15(14)18(21-20-10)12-3-5-13(6-4-12)19-11(2)22/h3-8,10,18H,9H2,1-2H3,(H,19,22). The van der Waals surface area contributed by atoms with Crippen LogP contribution in [0.15, 0.2) is 46.6 Å². The van der Waals surface area contributed by atoms with Gasteiger partial charge in [-0.2, -0.15) is 10.2 Å². The number of benzene rings is 2. The minimum absolute atomic E-state index is 0.00981. The summed E-state index contributed by atoms with van der Waals surface area (Å²) in [6.45, 7) is 3.75. The molecule has 2 aromatic carbocycles. The summed E-state index contributed by atoms with van der Waals surface area (Å²) >= 11 is 0. The van der Waals surface area contributed by atoms with Crippen molar-refractivity contribution in [2.75, 3.05) is 12.1 Å². The van der Waals surface area contributed by atoms with Gasteiger partial charge in [-0.05, 0) is 47.9 Å². The molecule has 0 fully saturated rings. The number of amides is 1. The van der Waals surface area contributed by atoms with E-state index in [4.69, 9.17) is 9.47 Å². The third kappa shape index (κ3) is 2.50. The molecule has 4 rings (SSSR count). The van der Waals surface area contributed by atoms with Gasteiger partial charge in [-0.1, -0.05) is 12.1 Å². The van der Waals surface area contributed by atoms with Crippen molar-refractivity contribution in [1.82, 2.24) is 0 Å². The molecule has 24 heavy (non-hydrogen) atoms. The summed E-state index contributed by atoms with van der Waals surface area (Å²) in [4.78, 5) is 11.1. The van der Waals surface area contributed by atoms with Gasteiger partial charge in [0.05, 0.1) is 6.04 Å². The number of ether oxygens (including phenoxy) is 2. The van der Waals surface area contributed by atoms with Gasteiger partial charge in [0.25, 0.3) is 0 Å². The lowest BCUT2D eigenvalue weighted by Gasteiger charge is -2.24. The molecule has 0 aliphatic carbocycles. The van der Waals surface area contributed by atoms with Crippen molar-refractivity contribution < 1.29 is 14.3 Å². The maximum absolute atomic E-state index is 11.1. The summed E-state index contributed by atoms with van der Waals surface area (Å²) in [6.07, 6.45) is 0. The van der Waals surface area contributed by atoms with E-state index >= 15 is 0 Å². The Morgan fingerprint density at radius 2 is 1.75 bits per heavy atom. The van der Waals surface area contributed by atoms with Crippen LogP contribution in [-0.2, 0) is 4.79 Å². The fourth-order valence-corrected chi connectivity index (χ4v) is 3.06. The number of fused-ring (bicyclic) bond motifs is 2. The number of anilines is 1. The summed E-state index contributed by atoms with van der Waals surface area (Å²) in [5.74, 6) is 1.42. The first-order valence-corrected chi connectivity index (χ1v) is 7.83. The van der Waals surface area contributed by atoms with Gasteiger partial charge in [-0.25, -0.2) is 0 Å². The molecule has 0 spiro atoms. The van der Waals surface area contributed by atoms with Crippen molar-refractivity contribution in [3.8, 4) is 11.5 Å². The number of azo groups is 1. The van der Waals surface area contributed by atoms with E-state index in [1.807, 2.05) is 43.3 Å². The predicted octanol–water partition coefficient (Wildman–Crippen LogP) is 3.99. The lowest BCUT2D eigenvalue weighted by atomic mass is 9.90. The number of hydrogen-bond donors (Lipinski definition) is 1. The van der Waals surface area contributed by atoms with Crippen molar-refractivity contribution in [2.24, 2.45) is 10.2 Å². The fourth-order valence-electron chi connectivity index (χ4n) is 3.06. The van der Waals surface area contributed by atoms with Gasteiger partial charge in [0, 0.05) is 12.6 Å². The van der Waals surface area contributed by atoms with E-state index in [1.54, 1.807) is 0 Å². The smallest absolute Gasteiger partial charge is 0.231 e. The molecule has 0 bridgehead atoms. The molecule has 2 heterocycles. The highest BCUT2D eigenvalue weighted by atomic mass is 16.7. The summed E-state index contributed by atoms with van der Waals surface area (Å²) in [5, 5.41) is 11.6. The average Bonchev–Trinajstić information content (AvgIpc) is 3.02. The number of hydrogen-bond acceptors (Lipinski definition) is 5. The highest BCUT2D eigenvalue weighted by molar-refractivity contribution is 5.88. The Hall–Kier alpha value is -2.89. The second kappa shape index (κ2) is 5.63. The van der Waals surface area contributed by atoms with E-state index in [-0.39, 0.29) is 24.8 Å². The molecule has 6 heteroatoms. The Bertz CT molecular complexity index is 830. The molecule has 122 valence electrons.